The summed E-state index contributed by atoms with van der Waals surface area (Å²) in [5, 5.41) is 11.9. The maximum Gasteiger partial charge on any atom is 0.205 e. The summed E-state index contributed by atoms with van der Waals surface area (Å²) in [4.78, 5) is 12.3. The van der Waals surface area contributed by atoms with E-state index in [-0.39, 0.29) is 0 Å². The Morgan fingerprint density at radius 1 is 0.456 bits per heavy atom. The van der Waals surface area contributed by atoms with Crippen molar-refractivity contribution in [3.63, 3.8) is 0 Å². The Labute approximate surface area is 331 Å². The first-order valence-electron chi connectivity index (χ1n) is 18.9. The lowest BCUT2D eigenvalue weighted by atomic mass is 9.67. The third-order valence-electron chi connectivity index (χ3n) is 11.3. The fourth-order valence-electron chi connectivity index (χ4n) is 8.81. The van der Waals surface area contributed by atoms with Gasteiger partial charge in [-0.25, -0.2) is 4.85 Å². The summed E-state index contributed by atoms with van der Waals surface area (Å²) in [6.07, 6.45) is 6.84. The van der Waals surface area contributed by atoms with Crippen LogP contribution >= 0.6 is 0 Å². The van der Waals surface area contributed by atoms with Gasteiger partial charge in [-0.15, -0.1) is 0 Å². The molecule has 0 unspecified atom stereocenters. The van der Waals surface area contributed by atoms with Gasteiger partial charge in [0, 0.05) is 30.4 Å². The number of fused-ring (bicyclic) bond motifs is 5. The lowest BCUT2D eigenvalue weighted by Crippen LogP contribution is -2.28. The van der Waals surface area contributed by atoms with Gasteiger partial charge in [0.05, 0.1) is 17.6 Å². The number of benzene rings is 7. The Morgan fingerprint density at radius 2 is 1.04 bits per heavy atom. The number of hydrogen-bond acceptors (Lipinski definition) is 3. The lowest BCUT2D eigenvalue weighted by Gasteiger charge is -2.34. The molecule has 0 atom stereocenters. The van der Waals surface area contributed by atoms with E-state index in [1.807, 2.05) is 24.5 Å². The van der Waals surface area contributed by atoms with Crippen molar-refractivity contribution in [2.45, 2.75) is 5.41 Å². The molecule has 1 aliphatic carbocycles. The van der Waals surface area contributed by atoms with Crippen molar-refractivity contribution in [3.05, 3.63) is 234 Å². The van der Waals surface area contributed by atoms with Crippen LogP contribution in [0.2, 0.25) is 0 Å². The molecule has 57 heavy (non-hydrogen) atoms. The molecule has 2 heterocycles. The van der Waals surface area contributed by atoms with Crippen molar-refractivity contribution in [2.24, 2.45) is 0 Å². The van der Waals surface area contributed by atoms with Crippen LogP contribution in [0.25, 0.3) is 71.3 Å². The van der Waals surface area contributed by atoms with Gasteiger partial charge in [-0.3, -0.25) is 9.97 Å². The van der Waals surface area contributed by atoms with Gasteiger partial charge in [-0.1, -0.05) is 133 Å². The second-order valence-electron chi connectivity index (χ2n) is 14.4. The maximum absolute atomic E-state index is 9.57. The first-order chi connectivity index (χ1) is 28.1. The fourth-order valence-corrected chi connectivity index (χ4v) is 8.81. The van der Waals surface area contributed by atoms with Crippen molar-refractivity contribution in [1.29, 1.82) is 5.26 Å². The molecule has 1 aliphatic rings. The smallest absolute Gasteiger partial charge is 0.205 e. The molecule has 0 amide bonds. The molecular formula is C53H32N4. The second-order valence-corrected chi connectivity index (χ2v) is 14.4. The molecule has 0 spiro atoms. The van der Waals surface area contributed by atoms with Crippen LogP contribution in [0.5, 0.6) is 0 Å². The van der Waals surface area contributed by atoms with E-state index in [1.165, 1.54) is 44.2 Å². The minimum Gasteiger partial charge on any atom is -0.276 e. The summed E-state index contributed by atoms with van der Waals surface area (Å²) in [5.41, 5.74) is 16.0. The molecule has 2 aromatic heterocycles. The van der Waals surface area contributed by atoms with Crippen molar-refractivity contribution in [1.82, 2.24) is 9.97 Å². The molecular weight excluding hydrogens is 693 g/mol. The highest BCUT2D eigenvalue weighted by molar-refractivity contribution is 6.10. The quantitative estimate of drug-likeness (QED) is 0.160. The Kier molecular flexibility index (Phi) is 8.11. The first kappa shape index (κ1) is 33.6. The van der Waals surface area contributed by atoms with Crippen LogP contribution in [0.1, 0.15) is 27.8 Å². The number of pyridine rings is 2. The van der Waals surface area contributed by atoms with E-state index >= 15 is 0 Å². The third kappa shape index (κ3) is 5.51. The summed E-state index contributed by atoms with van der Waals surface area (Å²) in [6.45, 7) is 7.57. The highest BCUT2D eigenvalue weighted by atomic mass is 14.7. The molecule has 0 saturated carbocycles. The van der Waals surface area contributed by atoms with E-state index in [2.05, 4.69) is 179 Å². The Morgan fingerprint density at radius 3 is 1.72 bits per heavy atom. The topological polar surface area (TPSA) is 53.9 Å². The predicted molar refractivity (Wildman–Crippen MR) is 230 cm³/mol. The van der Waals surface area contributed by atoms with Gasteiger partial charge in [-0.05, 0) is 119 Å². The van der Waals surface area contributed by atoms with Crippen LogP contribution < -0.4 is 0 Å². The zero-order chi connectivity index (χ0) is 38.3. The zero-order valence-corrected chi connectivity index (χ0v) is 30.8. The molecule has 9 aromatic rings. The highest BCUT2D eigenvalue weighted by Crippen LogP contribution is 2.59. The second kappa shape index (κ2) is 13.7. The largest absolute Gasteiger partial charge is 0.276 e. The number of rotatable bonds is 6. The summed E-state index contributed by atoms with van der Waals surface area (Å²) in [5.74, 6) is 0. The van der Waals surface area contributed by atoms with Crippen molar-refractivity contribution in [3.8, 4) is 61.7 Å². The minimum absolute atomic E-state index is 0.519. The molecule has 0 radical (unpaired) electrons. The maximum atomic E-state index is 9.57. The van der Waals surface area contributed by atoms with Gasteiger partial charge in [0.25, 0.3) is 0 Å². The molecule has 10 rings (SSSR count). The summed E-state index contributed by atoms with van der Waals surface area (Å²) in [6, 6.07) is 63.1. The van der Waals surface area contributed by atoms with E-state index in [4.69, 9.17) is 6.57 Å². The molecule has 0 N–H and O–H groups in total. The van der Waals surface area contributed by atoms with Crippen LogP contribution in [0.3, 0.4) is 0 Å². The van der Waals surface area contributed by atoms with Crippen LogP contribution in [0.15, 0.2) is 195 Å². The zero-order valence-electron chi connectivity index (χ0n) is 30.8. The third-order valence-corrected chi connectivity index (χ3v) is 11.3. The van der Waals surface area contributed by atoms with Crippen molar-refractivity contribution >= 4 is 16.5 Å². The number of hydrogen-bond donors (Lipinski definition) is 0. The van der Waals surface area contributed by atoms with Gasteiger partial charge in [0.2, 0.25) is 5.69 Å². The molecule has 7 aromatic carbocycles. The van der Waals surface area contributed by atoms with E-state index in [0.717, 1.165) is 44.5 Å². The first-order valence-corrected chi connectivity index (χ1v) is 18.9. The Balaban J connectivity index is 1.25. The molecule has 264 valence electrons. The monoisotopic (exact) mass is 724 g/mol. The summed E-state index contributed by atoms with van der Waals surface area (Å²) < 4.78 is 0. The average Bonchev–Trinajstić information content (AvgIpc) is 3.60. The van der Waals surface area contributed by atoms with Crippen LogP contribution in [-0.4, -0.2) is 9.97 Å². The van der Waals surface area contributed by atoms with E-state index in [9.17, 15) is 5.26 Å². The summed E-state index contributed by atoms with van der Waals surface area (Å²) in [7, 11) is 0. The molecule has 0 aliphatic heterocycles. The average molecular weight is 725 g/mol. The van der Waals surface area contributed by atoms with Gasteiger partial charge in [0.1, 0.15) is 6.07 Å². The van der Waals surface area contributed by atoms with Crippen LogP contribution in [-0.2, 0) is 5.41 Å². The standard InChI is InChI=1S/C53H32N4/c1-55-45-27-42(33-57-34-45)38-14-11-15-40(26-38)49-29-51-52(47-21-9-8-20-46(47)49)48-23-22-39(36-12-10-13-37(25-36)41-24-35(30-54)31-56-32-41)28-50(48)53(51,43-16-4-2-5-17-43)44-18-6-3-7-19-44/h2-29,31-34H. The molecule has 0 bridgehead atoms. The molecule has 0 saturated heterocycles. The number of nitrogens with zero attached hydrogens (tertiary/aromatic N) is 4. The molecule has 4 nitrogen and oxygen atoms in total. The predicted octanol–water partition coefficient (Wildman–Crippen LogP) is 13.1. The summed E-state index contributed by atoms with van der Waals surface area (Å²) >= 11 is 0. The van der Waals surface area contributed by atoms with E-state index in [1.54, 1.807) is 12.4 Å². The Hall–Kier alpha value is -7.92. The lowest BCUT2D eigenvalue weighted by molar-refractivity contribution is 0.769. The minimum atomic E-state index is -0.643. The SMILES string of the molecule is [C-]#[N+]c1cncc(-c2cccc(-c3cc4c(c5ccccc35)-c3ccc(-c5cccc(-c6cncc(C#N)c6)c5)cc3C4(c3ccccc3)c3ccccc3)c2)c1. The number of aromatic nitrogens is 2. The normalized spacial score (nSPS) is 12.3. The molecule has 0 fully saturated rings. The van der Waals surface area contributed by atoms with Gasteiger partial charge < -0.3 is 0 Å². The van der Waals surface area contributed by atoms with E-state index < -0.39 is 5.41 Å². The van der Waals surface area contributed by atoms with Crippen LogP contribution in [0.4, 0.5) is 5.69 Å². The fraction of sp³-hybridized carbons (Fsp3) is 0.0189. The van der Waals surface area contributed by atoms with Crippen LogP contribution in [0, 0.1) is 17.9 Å². The molecule has 4 heteroatoms. The van der Waals surface area contributed by atoms with Crippen molar-refractivity contribution < 1.29 is 0 Å². The van der Waals surface area contributed by atoms with Gasteiger partial charge in [0.15, 0.2) is 0 Å². The van der Waals surface area contributed by atoms with Gasteiger partial charge >= 0.3 is 0 Å². The van der Waals surface area contributed by atoms with E-state index in [0.29, 0.717) is 11.3 Å². The van der Waals surface area contributed by atoms with Gasteiger partial charge in [-0.2, -0.15) is 5.26 Å². The highest BCUT2D eigenvalue weighted by Gasteiger charge is 2.47. The Bertz CT molecular complexity index is 3060. The number of nitriles is 1. The van der Waals surface area contributed by atoms with Crippen molar-refractivity contribution in [2.75, 3.05) is 0 Å².